The van der Waals surface area contributed by atoms with Gasteiger partial charge >= 0.3 is 27.5 Å². The summed E-state index contributed by atoms with van der Waals surface area (Å²) in [6.45, 7) is 0. The monoisotopic (exact) mass is 396 g/mol. The minimum absolute atomic E-state index is 0. The van der Waals surface area contributed by atoms with Crippen LogP contribution in [0.1, 0.15) is 0 Å². The van der Waals surface area contributed by atoms with Gasteiger partial charge in [-0.15, -0.1) is 0 Å². The summed E-state index contributed by atoms with van der Waals surface area (Å²) in [7, 11) is 0. The molecule has 0 heterocycles. The van der Waals surface area contributed by atoms with E-state index in [4.69, 9.17) is 2.81 Å². The number of rotatable bonds is 0. The molecule has 0 aromatic heterocycles. The molecule has 0 aliphatic rings. The van der Waals surface area contributed by atoms with E-state index in [0.29, 0.717) is 0 Å². The Morgan fingerprint density at radius 2 is 1.25 bits per heavy atom. The van der Waals surface area contributed by atoms with Crippen LogP contribution in [0.4, 0.5) is 0 Å². The van der Waals surface area contributed by atoms with Crippen LogP contribution in [0.25, 0.3) is 0 Å². The third-order valence-corrected chi connectivity index (χ3v) is 0. The normalized spacial score (nSPS) is 1.00. The number of hydrogen-bond donors (Lipinski definition) is 0. The predicted molar refractivity (Wildman–Crippen MR) is 12.2 cm³/mol. The quantitative estimate of drug-likeness (QED) is 0.487. The molecule has 1 nitrogen and oxygen atoms in total. The van der Waals surface area contributed by atoms with Crippen molar-refractivity contribution in [1.29, 1.82) is 0 Å². The SMILES string of the molecule is [Fe].[In].[O]=[Bi]. The first-order valence-corrected chi connectivity index (χ1v) is 1.60. The van der Waals surface area contributed by atoms with E-state index in [1.165, 1.54) is 0 Å². The van der Waals surface area contributed by atoms with Crippen molar-refractivity contribution in [2.24, 2.45) is 0 Å². The van der Waals surface area contributed by atoms with Gasteiger partial charge < -0.3 is 0 Å². The molecule has 0 atom stereocenters. The van der Waals surface area contributed by atoms with Gasteiger partial charge in [-0.3, -0.25) is 0 Å². The summed E-state index contributed by atoms with van der Waals surface area (Å²) in [5.41, 5.74) is 0. The molecule has 4 heteroatoms. The first kappa shape index (κ1) is 16.6. The summed E-state index contributed by atoms with van der Waals surface area (Å²) in [6.07, 6.45) is 0. The molecule has 0 N–H and O–H groups in total. The van der Waals surface area contributed by atoms with Crippen molar-refractivity contribution in [2.75, 3.05) is 0 Å². The van der Waals surface area contributed by atoms with Crippen molar-refractivity contribution in [3.05, 3.63) is 0 Å². The zero-order valence-corrected chi connectivity index (χ0v) is 9.66. The van der Waals surface area contributed by atoms with Gasteiger partial charge in [0, 0.05) is 42.9 Å². The van der Waals surface area contributed by atoms with E-state index >= 15 is 0 Å². The molecule has 0 aliphatic heterocycles. The molecule has 0 aliphatic carbocycles. The molecular formula is BiFeInO. The first-order valence-electron chi connectivity index (χ1n) is 0.183. The standard InChI is InChI=1S/Bi.Fe.In.O. The Morgan fingerprint density at radius 3 is 1.25 bits per heavy atom. The van der Waals surface area contributed by atoms with E-state index < -0.39 is 0 Å². The second kappa shape index (κ2) is 19.6. The van der Waals surface area contributed by atoms with Gasteiger partial charge in [0.25, 0.3) is 0 Å². The zero-order valence-electron chi connectivity index (χ0n) is 1.79. The van der Waals surface area contributed by atoms with E-state index in [1.807, 2.05) is 0 Å². The first-order chi connectivity index (χ1) is 1.00. The van der Waals surface area contributed by atoms with Crippen molar-refractivity contribution in [3.8, 4) is 0 Å². The van der Waals surface area contributed by atoms with Crippen LogP contribution in [0.3, 0.4) is 0 Å². The molecule has 0 saturated carbocycles. The molecular weight excluding hydrogens is 396 g/mol. The Hall–Kier alpha value is 2.07. The van der Waals surface area contributed by atoms with Gasteiger partial charge in [-0.1, -0.05) is 0 Å². The molecule has 0 rings (SSSR count). The van der Waals surface area contributed by atoms with Crippen LogP contribution in [-0.2, 0) is 19.9 Å². The molecule has 0 saturated heterocycles. The second-order valence-corrected chi connectivity index (χ2v) is 0. The maximum absolute atomic E-state index is 8.36. The molecule has 0 aromatic rings. The van der Waals surface area contributed by atoms with Gasteiger partial charge in [-0.05, 0) is 0 Å². The molecule has 0 unspecified atom stereocenters. The van der Waals surface area contributed by atoms with Crippen LogP contribution >= 0.6 is 0 Å². The molecule has 0 amide bonds. The van der Waals surface area contributed by atoms with Crippen molar-refractivity contribution >= 4 is 50.6 Å². The van der Waals surface area contributed by atoms with E-state index in [-0.39, 0.29) is 67.6 Å². The van der Waals surface area contributed by atoms with Crippen molar-refractivity contribution in [1.82, 2.24) is 0 Å². The summed E-state index contributed by atoms with van der Waals surface area (Å²) in [5.74, 6) is 0. The van der Waals surface area contributed by atoms with Gasteiger partial charge in [-0.25, -0.2) is 0 Å². The topological polar surface area (TPSA) is 17.1 Å². The Balaban J connectivity index is -0.00000000500. The minimum atomic E-state index is 0. The van der Waals surface area contributed by atoms with Crippen LogP contribution in [-0.4, -0.2) is 50.6 Å². The van der Waals surface area contributed by atoms with Crippen LogP contribution in [0, 0.1) is 0 Å². The van der Waals surface area contributed by atoms with Gasteiger partial charge in [0.2, 0.25) is 0 Å². The van der Waals surface area contributed by atoms with Crippen LogP contribution in [0.2, 0.25) is 0 Å². The Kier molecular flexibility index (Phi) is 81.0. The Bertz CT molecular complexity index is 8.00. The third-order valence-electron chi connectivity index (χ3n) is 0. The van der Waals surface area contributed by atoms with Gasteiger partial charge in [0.1, 0.15) is 0 Å². The summed E-state index contributed by atoms with van der Waals surface area (Å²) in [4.78, 5) is 0. The summed E-state index contributed by atoms with van der Waals surface area (Å²) in [5, 5.41) is 0. The molecule has 0 spiro atoms. The average molecular weight is 396 g/mol. The van der Waals surface area contributed by atoms with Gasteiger partial charge in [0.05, 0.1) is 0 Å². The predicted octanol–water partition coefficient (Wildman–Crippen LogP) is -0.883. The molecule has 22 valence electrons. The van der Waals surface area contributed by atoms with Crippen molar-refractivity contribution in [2.45, 2.75) is 0 Å². The van der Waals surface area contributed by atoms with E-state index in [9.17, 15) is 0 Å². The van der Waals surface area contributed by atoms with Crippen molar-refractivity contribution < 1.29 is 19.9 Å². The fourth-order valence-corrected chi connectivity index (χ4v) is 0. The Labute approximate surface area is 69.5 Å². The zero-order chi connectivity index (χ0) is 2.00. The molecule has 4 heavy (non-hydrogen) atoms. The average Bonchev–Trinajstić information content (AvgIpc) is 1.00. The maximum atomic E-state index is 8.36. The van der Waals surface area contributed by atoms with Crippen LogP contribution in [0.5, 0.6) is 0 Å². The molecule has 0 aromatic carbocycles. The fourth-order valence-electron chi connectivity index (χ4n) is 0. The van der Waals surface area contributed by atoms with E-state index in [2.05, 4.69) is 0 Å². The summed E-state index contributed by atoms with van der Waals surface area (Å²) >= 11 is 0.194. The fraction of sp³-hybridized carbons (Fsp3) is 0. The van der Waals surface area contributed by atoms with Crippen molar-refractivity contribution in [3.63, 3.8) is 0 Å². The molecule has 0 bridgehead atoms. The van der Waals surface area contributed by atoms with Crippen LogP contribution < -0.4 is 0 Å². The van der Waals surface area contributed by atoms with Gasteiger partial charge in [-0.2, -0.15) is 0 Å². The summed E-state index contributed by atoms with van der Waals surface area (Å²) in [6, 6.07) is 0. The molecule has 4 radical (unpaired) electrons. The third kappa shape index (κ3) is 8.95. The van der Waals surface area contributed by atoms with E-state index in [1.54, 1.807) is 0 Å². The molecule has 0 fully saturated rings. The second-order valence-electron chi connectivity index (χ2n) is 0. The van der Waals surface area contributed by atoms with Crippen LogP contribution in [0.15, 0.2) is 0 Å². The van der Waals surface area contributed by atoms with Gasteiger partial charge in [0.15, 0.2) is 0 Å². The van der Waals surface area contributed by atoms with E-state index in [0.717, 1.165) is 0 Å². The Morgan fingerprint density at radius 1 is 1.25 bits per heavy atom. The summed E-state index contributed by atoms with van der Waals surface area (Å²) < 4.78 is 8.36. The number of hydrogen-bond acceptors (Lipinski definition) is 1.